The molecule has 9 heteroatoms. The van der Waals surface area contributed by atoms with Crippen molar-refractivity contribution in [3.63, 3.8) is 0 Å². The number of hydrogen-bond donors (Lipinski definition) is 2. The summed E-state index contributed by atoms with van der Waals surface area (Å²) in [6.45, 7) is 0.643. The van der Waals surface area contributed by atoms with Crippen molar-refractivity contribution in [3.8, 4) is 0 Å². The Morgan fingerprint density at radius 2 is 2.10 bits per heavy atom. The molecule has 0 aliphatic carbocycles. The number of nitrogens with one attached hydrogen (secondary N) is 1. The van der Waals surface area contributed by atoms with Crippen molar-refractivity contribution < 1.29 is 33.8 Å². The maximum absolute atomic E-state index is 11.6. The molecule has 20 heavy (non-hydrogen) atoms. The molecule has 2 N–H and O–H groups in total. The van der Waals surface area contributed by atoms with Crippen LogP contribution in [0.15, 0.2) is 0 Å². The fraction of sp³-hybridized carbons (Fsp3) is 0.636. The molecule has 0 radical (unpaired) electrons. The fourth-order valence-corrected chi connectivity index (χ4v) is 1.22. The second-order valence-electron chi connectivity index (χ2n) is 3.78. The van der Waals surface area contributed by atoms with E-state index in [1.54, 1.807) is 0 Å². The number of ketones is 1. The topological polar surface area (TPSA) is 138 Å². The van der Waals surface area contributed by atoms with Gasteiger partial charge in [-0.15, -0.1) is 0 Å². The molecule has 0 aromatic carbocycles. The number of carbonyl (C=O) groups is 3. The highest BCUT2D eigenvalue weighted by atomic mass is 16.6. The molecule has 0 aliphatic rings. The zero-order valence-electron chi connectivity index (χ0n) is 11.2. The number of Topliss-reactive ketones (excluding diaryl/α,β-unsaturated/α-hetero) is 1. The normalized spacial score (nSPS) is 12.8. The van der Waals surface area contributed by atoms with Gasteiger partial charge in [-0.1, -0.05) is 0 Å². The van der Waals surface area contributed by atoms with Gasteiger partial charge >= 0.3 is 12.2 Å². The Labute approximate surface area is 115 Å². The average Bonchev–Trinajstić information content (AvgIpc) is 2.42. The Balaban J connectivity index is 4.64. The minimum Gasteiger partial charge on any atom is -0.437 e. The Morgan fingerprint density at radius 3 is 2.60 bits per heavy atom. The predicted molar refractivity (Wildman–Crippen MR) is 65.5 cm³/mol. The number of ether oxygens (including phenoxy) is 2. The van der Waals surface area contributed by atoms with Crippen LogP contribution in [0.2, 0.25) is 0 Å². The van der Waals surface area contributed by atoms with Gasteiger partial charge in [0.2, 0.25) is 11.7 Å². The molecule has 0 fully saturated rings. The maximum Gasteiger partial charge on any atom is 0.330 e. The molecule has 1 amide bonds. The zero-order chi connectivity index (χ0) is 15.5. The van der Waals surface area contributed by atoms with Gasteiger partial charge < -0.3 is 25.4 Å². The highest BCUT2D eigenvalue weighted by molar-refractivity contribution is 6.25. The number of rotatable bonds is 9. The Bertz CT molecular complexity index is 405. The van der Waals surface area contributed by atoms with E-state index in [9.17, 15) is 14.4 Å². The van der Waals surface area contributed by atoms with Gasteiger partial charge in [0.15, 0.2) is 6.79 Å². The Morgan fingerprint density at radius 1 is 1.45 bits per heavy atom. The molecule has 0 saturated heterocycles. The lowest BCUT2D eigenvalue weighted by Gasteiger charge is -2.18. The first-order chi connectivity index (χ1) is 9.46. The van der Waals surface area contributed by atoms with Gasteiger partial charge in [-0.05, 0) is 13.3 Å². The number of hydrogen-bond acceptors (Lipinski definition) is 6. The molecule has 0 aromatic rings. The van der Waals surface area contributed by atoms with Crippen LogP contribution < -0.4 is 5.32 Å². The number of nitrogens with zero attached hydrogens (tertiary/aromatic N) is 2. The van der Waals surface area contributed by atoms with E-state index in [0.717, 1.165) is 0 Å². The minimum absolute atomic E-state index is 0.0636. The molecule has 9 nitrogen and oxygen atoms in total. The molecule has 0 rings (SSSR count). The predicted octanol–water partition coefficient (Wildman–Crippen LogP) is -1.35. The van der Waals surface area contributed by atoms with E-state index < -0.39 is 36.6 Å². The van der Waals surface area contributed by atoms with E-state index in [2.05, 4.69) is 14.8 Å². The highest BCUT2D eigenvalue weighted by Gasteiger charge is 2.25. The second-order valence-corrected chi connectivity index (χ2v) is 3.78. The number of carbonyl (C=O) groups excluding carboxylic acids is 3. The van der Waals surface area contributed by atoms with Gasteiger partial charge in [0.05, 0.1) is 0 Å². The second kappa shape index (κ2) is 9.79. The van der Waals surface area contributed by atoms with Crippen LogP contribution in [-0.2, 0) is 23.9 Å². The lowest BCUT2D eigenvalue weighted by Crippen LogP contribution is -2.46. The molecular weight excluding hydrogens is 270 g/mol. The van der Waals surface area contributed by atoms with Gasteiger partial charge in [-0.3, -0.25) is 9.59 Å². The molecule has 0 aromatic heterocycles. The van der Waals surface area contributed by atoms with Gasteiger partial charge in [-0.25, -0.2) is 4.79 Å². The summed E-state index contributed by atoms with van der Waals surface area (Å²) in [5.74, 6) is -1.96. The van der Waals surface area contributed by atoms with Crippen LogP contribution >= 0.6 is 0 Å². The standard InChI is InChI=1S/C11H17N3O6/c1-7(19-2)10(17)14-9(11(18)20-6-15)4-3-8(16)5-13-12/h5,7,9,15H,3-4,6H2,1-2H3,(H,14,17)/t7-,9+/m1/s1. The molecule has 0 spiro atoms. The third-order valence-electron chi connectivity index (χ3n) is 2.41. The smallest absolute Gasteiger partial charge is 0.330 e. The van der Waals surface area contributed by atoms with Crippen LogP contribution in [0.1, 0.15) is 19.8 Å². The number of aliphatic hydroxyl groups is 1. The lowest BCUT2D eigenvalue weighted by atomic mass is 10.1. The van der Waals surface area contributed by atoms with Crippen molar-refractivity contribution >= 4 is 23.9 Å². The Hall–Kier alpha value is -2.09. The van der Waals surface area contributed by atoms with Crippen molar-refractivity contribution in [2.45, 2.75) is 31.9 Å². The Kier molecular flexibility index (Phi) is 8.77. The monoisotopic (exact) mass is 287 g/mol. The minimum atomic E-state index is -1.11. The van der Waals surface area contributed by atoms with Crippen LogP contribution in [0, 0.1) is 0 Å². The lowest BCUT2D eigenvalue weighted by molar-refractivity contribution is -0.156. The highest BCUT2D eigenvalue weighted by Crippen LogP contribution is 2.02. The molecule has 112 valence electrons. The van der Waals surface area contributed by atoms with Gasteiger partial charge in [0.1, 0.15) is 12.1 Å². The maximum atomic E-state index is 11.6. The van der Waals surface area contributed by atoms with E-state index in [1.165, 1.54) is 14.0 Å². The summed E-state index contributed by atoms with van der Waals surface area (Å²) in [7, 11) is 1.33. The molecule has 0 heterocycles. The number of amides is 1. The van der Waals surface area contributed by atoms with Crippen molar-refractivity contribution in [1.29, 1.82) is 0 Å². The summed E-state index contributed by atoms with van der Waals surface area (Å²) >= 11 is 0. The molecule has 0 aliphatic heterocycles. The molecule has 0 unspecified atom stereocenters. The van der Waals surface area contributed by atoms with Crippen molar-refractivity contribution in [1.82, 2.24) is 5.32 Å². The summed E-state index contributed by atoms with van der Waals surface area (Å²) in [4.78, 5) is 36.8. The third kappa shape index (κ3) is 6.74. The number of aliphatic hydroxyl groups excluding tert-OH is 1. The van der Waals surface area contributed by atoms with Crippen LogP contribution in [0.25, 0.3) is 5.53 Å². The summed E-state index contributed by atoms with van der Waals surface area (Å²) < 4.78 is 9.16. The first kappa shape index (κ1) is 17.9. The van der Waals surface area contributed by atoms with Crippen LogP contribution in [0.3, 0.4) is 0 Å². The summed E-state index contributed by atoms with van der Waals surface area (Å²) in [6.07, 6.45) is -0.300. The zero-order valence-corrected chi connectivity index (χ0v) is 11.2. The molecular formula is C11H17N3O6. The van der Waals surface area contributed by atoms with E-state index in [0.29, 0.717) is 6.21 Å². The van der Waals surface area contributed by atoms with Crippen LogP contribution in [-0.4, -0.2) is 59.8 Å². The van der Waals surface area contributed by atoms with Gasteiger partial charge in [0, 0.05) is 13.5 Å². The van der Waals surface area contributed by atoms with Crippen molar-refractivity contribution in [2.24, 2.45) is 0 Å². The summed E-state index contributed by atoms with van der Waals surface area (Å²) in [6, 6.07) is -1.11. The first-order valence-electron chi connectivity index (χ1n) is 5.77. The first-order valence-corrected chi connectivity index (χ1v) is 5.77. The molecule has 2 atom stereocenters. The summed E-state index contributed by atoms with van der Waals surface area (Å²) in [5.41, 5.74) is 8.18. The molecule has 0 saturated carbocycles. The van der Waals surface area contributed by atoms with Crippen LogP contribution in [0.5, 0.6) is 0 Å². The third-order valence-corrected chi connectivity index (χ3v) is 2.41. The largest absolute Gasteiger partial charge is 0.437 e. The molecule has 0 bridgehead atoms. The van der Waals surface area contributed by atoms with Gasteiger partial charge in [-0.2, -0.15) is 4.79 Å². The van der Waals surface area contributed by atoms with E-state index >= 15 is 0 Å². The van der Waals surface area contributed by atoms with E-state index in [1.807, 2.05) is 0 Å². The van der Waals surface area contributed by atoms with Gasteiger partial charge in [0.25, 0.3) is 0 Å². The van der Waals surface area contributed by atoms with E-state index in [4.69, 9.17) is 15.4 Å². The van der Waals surface area contributed by atoms with E-state index in [-0.39, 0.29) is 12.8 Å². The average molecular weight is 287 g/mol. The van der Waals surface area contributed by atoms with Crippen LogP contribution in [0.4, 0.5) is 0 Å². The van der Waals surface area contributed by atoms with Crippen molar-refractivity contribution in [3.05, 3.63) is 5.53 Å². The fourth-order valence-electron chi connectivity index (χ4n) is 1.22. The SMILES string of the molecule is CO[C@H](C)C(=O)N[C@@H](CCC(=O)C=[N+]=[N-])C(=O)OCO. The summed E-state index contributed by atoms with van der Waals surface area (Å²) in [5, 5.41) is 10.9. The quantitative estimate of drug-likeness (QED) is 0.177. The number of methoxy groups -OCH3 is 1. The van der Waals surface area contributed by atoms with Crippen molar-refractivity contribution in [2.75, 3.05) is 13.9 Å². The number of esters is 1.